The fourth-order valence-corrected chi connectivity index (χ4v) is 1.49. The van der Waals surface area contributed by atoms with Gasteiger partial charge in [0.05, 0.1) is 5.02 Å². The van der Waals surface area contributed by atoms with E-state index < -0.39 is 41.1 Å². The SMILES string of the molecule is Cl.N[C@H](CC(F)F)c1c(F)ccc(F)c1Cl. The molecule has 0 aromatic heterocycles. The van der Waals surface area contributed by atoms with Crippen LogP contribution in [0.2, 0.25) is 5.02 Å². The van der Waals surface area contributed by atoms with Gasteiger partial charge >= 0.3 is 0 Å². The average Bonchev–Trinajstić information content (AvgIpc) is 2.11. The summed E-state index contributed by atoms with van der Waals surface area (Å²) in [7, 11) is 0. The van der Waals surface area contributed by atoms with E-state index in [9.17, 15) is 17.6 Å². The monoisotopic (exact) mass is 277 g/mol. The highest BCUT2D eigenvalue weighted by molar-refractivity contribution is 6.31. The van der Waals surface area contributed by atoms with E-state index in [-0.39, 0.29) is 12.4 Å². The molecule has 0 bridgehead atoms. The first-order chi connectivity index (χ1) is 6.93. The van der Waals surface area contributed by atoms with Crippen molar-refractivity contribution in [3.8, 4) is 0 Å². The van der Waals surface area contributed by atoms with E-state index in [0.717, 1.165) is 12.1 Å². The molecule has 1 rings (SSSR count). The van der Waals surface area contributed by atoms with Gasteiger partial charge in [-0.2, -0.15) is 0 Å². The summed E-state index contributed by atoms with van der Waals surface area (Å²) < 4.78 is 50.1. The van der Waals surface area contributed by atoms with Crippen LogP contribution in [-0.2, 0) is 0 Å². The molecule has 1 nitrogen and oxygen atoms in total. The summed E-state index contributed by atoms with van der Waals surface area (Å²) in [5.41, 5.74) is 4.89. The minimum atomic E-state index is -2.70. The first-order valence-electron chi connectivity index (χ1n) is 4.10. The van der Waals surface area contributed by atoms with Crippen molar-refractivity contribution < 1.29 is 17.6 Å². The number of hydrogen-bond donors (Lipinski definition) is 1. The molecular weight excluding hydrogens is 269 g/mol. The molecule has 92 valence electrons. The topological polar surface area (TPSA) is 26.0 Å². The van der Waals surface area contributed by atoms with Crippen LogP contribution in [0.5, 0.6) is 0 Å². The predicted octanol–water partition coefficient (Wildman–Crippen LogP) is 3.70. The summed E-state index contributed by atoms with van der Waals surface area (Å²) in [5, 5.41) is -0.539. The van der Waals surface area contributed by atoms with Crippen molar-refractivity contribution in [3.63, 3.8) is 0 Å². The zero-order valence-electron chi connectivity index (χ0n) is 7.89. The number of rotatable bonds is 3. The van der Waals surface area contributed by atoms with Crippen LogP contribution in [0.1, 0.15) is 18.0 Å². The van der Waals surface area contributed by atoms with Crippen LogP contribution in [0.25, 0.3) is 0 Å². The minimum absolute atomic E-state index is 0. The second-order valence-electron chi connectivity index (χ2n) is 2.99. The van der Waals surface area contributed by atoms with Crippen LogP contribution < -0.4 is 5.73 Å². The van der Waals surface area contributed by atoms with Crippen LogP contribution in [0.3, 0.4) is 0 Å². The van der Waals surface area contributed by atoms with E-state index in [4.69, 9.17) is 17.3 Å². The second-order valence-corrected chi connectivity index (χ2v) is 3.37. The van der Waals surface area contributed by atoms with Crippen molar-refractivity contribution in [3.05, 3.63) is 34.4 Å². The van der Waals surface area contributed by atoms with Crippen molar-refractivity contribution in [2.45, 2.75) is 18.9 Å². The van der Waals surface area contributed by atoms with E-state index in [1.165, 1.54) is 0 Å². The van der Waals surface area contributed by atoms with E-state index in [0.29, 0.717) is 0 Å². The third kappa shape index (κ3) is 3.50. The van der Waals surface area contributed by atoms with Gasteiger partial charge in [-0.3, -0.25) is 0 Å². The fourth-order valence-electron chi connectivity index (χ4n) is 1.19. The number of hydrogen-bond acceptors (Lipinski definition) is 1. The number of nitrogens with two attached hydrogens (primary N) is 1. The Balaban J connectivity index is 0.00000225. The predicted molar refractivity (Wildman–Crippen MR) is 56.2 cm³/mol. The summed E-state index contributed by atoms with van der Waals surface area (Å²) in [6, 6.07) is 0.311. The minimum Gasteiger partial charge on any atom is -0.324 e. The Bertz CT molecular complexity index is 360. The van der Waals surface area contributed by atoms with Gasteiger partial charge < -0.3 is 5.73 Å². The zero-order chi connectivity index (χ0) is 11.6. The van der Waals surface area contributed by atoms with Gasteiger partial charge in [-0.15, -0.1) is 12.4 Å². The Morgan fingerprint density at radius 1 is 1.19 bits per heavy atom. The largest absolute Gasteiger partial charge is 0.324 e. The molecule has 0 heterocycles. The lowest BCUT2D eigenvalue weighted by atomic mass is 10.0. The van der Waals surface area contributed by atoms with Gasteiger partial charge in [-0.25, -0.2) is 17.6 Å². The van der Waals surface area contributed by atoms with Crippen LogP contribution in [0, 0.1) is 11.6 Å². The third-order valence-corrected chi connectivity index (χ3v) is 2.27. The first-order valence-corrected chi connectivity index (χ1v) is 4.48. The van der Waals surface area contributed by atoms with Crippen LogP contribution in [0.15, 0.2) is 12.1 Å². The van der Waals surface area contributed by atoms with Crippen molar-refractivity contribution >= 4 is 24.0 Å². The Kier molecular flexibility index (Phi) is 6.07. The fraction of sp³-hybridized carbons (Fsp3) is 0.333. The maximum Gasteiger partial charge on any atom is 0.240 e. The molecule has 0 saturated heterocycles. The maximum absolute atomic E-state index is 13.2. The lowest BCUT2D eigenvalue weighted by Gasteiger charge is -2.14. The Morgan fingerprint density at radius 2 is 1.69 bits per heavy atom. The molecule has 0 spiro atoms. The molecule has 1 aromatic carbocycles. The van der Waals surface area contributed by atoms with E-state index in [2.05, 4.69) is 0 Å². The molecular formula is C9H9Cl2F4N. The molecule has 0 fully saturated rings. The average molecular weight is 278 g/mol. The summed E-state index contributed by atoms with van der Waals surface area (Å²) in [6.07, 6.45) is -3.46. The summed E-state index contributed by atoms with van der Waals surface area (Å²) >= 11 is 5.44. The van der Waals surface area contributed by atoms with Gasteiger partial charge in [0.25, 0.3) is 0 Å². The standard InChI is InChI=1S/C9H8ClF4N.ClH/c10-9-5(12)2-1-4(11)8(9)6(15)3-7(13)14;/h1-2,6-7H,3,15H2;1H/t6-;/m1./s1. The van der Waals surface area contributed by atoms with E-state index in [1.807, 2.05) is 0 Å². The van der Waals surface area contributed by atoms with Crippen molar-refractivity contribution in [1.82, 2.24) is 0 Å². The van der Waals surface area contributed by atoms with Gasteiger partial charge in [-0.05, 0) is 12.1 Å². The summed E-state index contributed by atoms with van der Waals surface area (Å²) in [6.45, 7) is 0. The first kappa shape index (κ1) is 15.5. The highest BCUT2D eigenvalue weighted by atomic mass is 35.5. The molecule has 16 heavy (non-hydrogen) atoms. The summed E-state index contributed by atoms with van der Waals surface area (Å²) in [5.74, 6) is -1.76. The van der Waals surface area contributed by atoms with Gasteiger partial charge in [0.1, 0.15) is 11.6 Å². The van der Waals surface area contributed by atoms with Crippen molar-refractivity contribution in [2.75, 3.05) is 0 Å². The molecule has 0 aliphatic rings. The molecule has 1 aromatic rings. The number of benzene rings is 1. The Labute approximate surface area is 101 Å². The van der Waals surface area contributed by atoms with Crippen LogP contribution >= 0.6 is 24.0 Å². The molecule has 1 atom stereocenters. The smallest absolute Gasteiger partial charge is 0.240 e. The normalized spacial score (nSPS) is 12.4. The third-order valence-electron chi connectivity index (χ3n) is 1.88. The van der Waals surface area contributed by atoms with Crippen LogP contribution in [-0.4, -0.2) is 6.43 Å². The molecule has 0 amide bonds. The lowest BCUT2D eigenvalue weighted by molar-refractivity contribution is 0.128. The van der Waals surface area contributed by atoms with Crippen molar-refractivity contribution in [1.29, 1.82) is 0 Å². The molecule has 0 radical (unpaired) electrons. The zero-order valence-corrected chi connectivity index (χ0v) is 9.46. The lowest BCUT2D eigenvalue weighted by Crippen LogP contribution is -2.16. The highest BCUT2D eigenvalue weighted by Crippen LogP contribution is 2.30. The summed E-state index contributed by atoms with van der Waals surface area (Å²) in [4.78, 5) is 0. The quantitative estimate of drug-likeness (QED) is 0.662. The van der Waals surface area contributed by atoms with Gasteiger partial charge in [0.2, 0.25) is 6.43 Å². The van der Waals surface area contributed by atoms with Crippen LogP contribution in [0.4, 0.5) is 17.6 Å². The Hall–Kier alpha value is -0.520. The Morgan fingerprint density at radius 3 is 2.19 bits per heavy atom. The van der Waals surface area contributed by atoms with Gasteiger partial charge in [0.15, 0.2) is 0 Å². The van der Waals surface area contributed by atoms with Gasteiger partial charge in [-0.1, -0.05) is 11.6 Å². The highest BCUT2D eigenvalue weighted by Gasteiger charge is 2.21. The maximum atomic E-state index is 13.2. The second kappa shape index (κ2) is 6.27. The van der Waals surface area contributed by atoms with Gasteiger partial charge in [0, 0.05) is 18.0 Å². The van der Waals surface area contributed by atoms with E-state index >= 15 is 0 Å². The van der Waals surface area contributed by atoms with Crippen molar-refractivity contribution in [2.24, 2.45) is 5.73 Å². The molecule has 2 N–H and O–H groups in total. The molecule has 0 unspecified atom stereocenters. The van der Waals surface area contributed by atoms with E-state index in [1.54, 1.807) is 0 Å². The number of alkyl halides is 2. The molecule has 0 aliphatic heterocycles. The number of halogens is 6. The molecule has 0 saturated carbocycles. The molecule has 0 aliphatic carbocycles. The molecule has 7 heteroatoms.